The number of nitrogens with zero attached hydrogens (tertiary/aromatic N) is 1. The third kappa shape index (κ3) is 3.51. The summed E-state index contributed by atoms with van der Waals surface area (Å²) in [4.78, 5) is 13.1. The van der Waals surface area contributed by atoms with Gasteiger partial charge in [-0.2, -0.15) is 0 Å². The number of hydrogen-bond donors (Lipinski definition) is 2. The first-order valence-electron chi connectivity index (χ1n) is 7.38. The monoisotopic (exact) mass is 275 g/mol. The molecule has 0 aliphatic heterocycles. The van der Waals surface area contributed by atoms with Crippen molar-refractivity contribution in [1.82, 2.24) is 4.90 Å². The Morgan fingerprint density at radius 1 is 1.40 bits per heavy atom. The maximum atomic E-state index is 11.4. The summed E-state index contributed by atoms with van der Waals surface area (Å²) in [6.45, 7) is 2.98. The van der Waals surface area contributed by atoms with Crippen LogP contribution in [0.1, 0.15) is 31.7 Å². The molecule has 20 heavy (non-hydrogen) atoms. The Morgan fingerprint density at radius 2 is 2.15 bits per heavy atom. The standard InChI is InChI=1S/C16H25N3O/c1-12(20)19(2)11-14-6-3-4-8-16(14)18-15-9-5-7-13(15)10-17/h3-4,6,8,13,15,18H,5,7,9-11,17H2,1-2H3. The second-order valence-electron chi connectivity index (χ2n) is 5.71. The number of amides is 1. The SMILES string of the molecule is CC(=O)N(C)Cc1ccccc1NC1CCCC1CN. The normalized spacial score (nSPS) is 21.8. The number of nitrogens with two attached hydrogens (primary N) is 1. The maximum Gasteiger partial charge on any atom is 0.219 e. The van der Waals surface area contributed by atoms with E-state index in [1.807, 2.05) is 19.2 Å². The van der Waals surface area contributed by atoms with Crippen molar-refractivity contribution < 1.29 is 4.79 Å². The van der Waals surface area contributed by atoms with Crippen molar-refractivity contribution in [2.24, 2.45) is 11.7 Å². The van der Waals surface area contributed by atoms with Gasteiger partial charge in [0, 0.05) is 32.2 Å². The summed E-state index contributed by atoms with van der Waals surface area (Å²) in [5.41, 5.74) is 8.13. The van der Waals surface area contributed by atoms with Crippen molar-refractivity contribution in [1.29, 1.82) is 0 Å². The molecule has 0 heterocycles. The Kier molecular flexibility index (Phi) is 5.01. The zero-order chi connectivity index (χ0) is 14.5. The van der Waals surface area contributed by atoms with Crippen LogP contribution in [0.5, 0.6) is 0 Å². The molecule has 0 spiro atoms. The predicted octanol–water partition coefficient (Wildman–Crippen LogP) is 2.20. The summed E-state index contributed by atoms with van der Waals surface area (Å²) >= 11 is 0. The minimum atomic E-state index is 0.0838. The van der Waals surface area contributed by atoms with E-state index in [4.69, 9.17) is 5.73 Å². The number of carbonyl (C=O) groups is 1. The Labute approximate surface area is 121 Å². The van der Waals surface area contributed by atoms with Crippen LogP contribution in [-0.2, 0) is 11.3 Å². The summed E-state index contributed by atoms with van der Waals surface area (Å²) in [5.74, 6) is 0.647. The highest BCUT2D eigenvalue weighted by Crippen LogP contribution is 2.29. The molecule has 110 valence electrons. The zero-order valence-electron chi connectivity index (χ0n) is 12.4. The molecule has 1 aliphatic rings. The molecule has 2 atom stereocenters. The second kappa shape index (κ2) is 6.75. The molecule has 4 heteroatoms. The number of para-hydroxylation sites is 1. The van der Waals surface area contributed by atoms with Gasteiger partial charge in [-0.3, -0.25) is 4.79 Å². The predicted molar refractivity (Wildman–Crippen MR) is 82.4 cm³/mol. The number of rotatable bonds is 5. The number of hydrogen-bond acceptors (Lipinski definition) is 3. The van der Waals surface area contributed by atoms with Gasteiger partial charge >= 0.3 is 0 Å². The lowest BCUT2D eigenvalue weighted by atomic mass is 10.0. The van der Waals surface area contributed by atoms with E-state index in [9.17, 15) is 4.79 Å². The lowest BCUT2D eigenvalue weighted by Crippen LogP contribution is -2.30. The van der Waals surface area contributed by atoms with Gasteiger partial charge in [-0.1, -0.05) is 24.6 Å². The minimum absolute atomic E-state index is 0.0838. The van der Waals surface area contributed by atoms with E-state index >= 15 is 0 Å². The van der Waals surface area contributed by atoms with Crippen LogP contribution in [-0.4, -0.2) is 30.4 Å². The van der Waals surface area contributed by atoms with E-state index in [2.05, 4.69) is 17.4 Å². The van der Waals surface area contributed by atoms with Crippen molar-refractivity contribution in [3.63, 3.8) is 0 Å². The summed E-state index contributed by atoms with van der Waals surface area (Å²) in [6.07, 6.45) is 3.64. The molecule has 1 aromatic rings. The van der Waals surface area contributed by atoms with Gasteiger partial charge in [-0.05, 0) is 36.9 Å². The summed E-state index contributed by atoms with van der Waals surface area (Å²) in [7, 11) is 1.83. The minimum Gasteiger partial charge on any atom is -0.382 e. The number of nitrogens with one attached hydrogen (secondary N) is 1. The van der Waals surface area contributed by atoms with Crippen molar-refractivity contribution in [3.8, 4) is 0 Å². The first-order valence-corrected chi connectivity index (χ1v) is 7.38. The Hall–Kier alpha value is -1.55. The van der Waals surface area contributed by atoms with Gasteiger partial charge in [0.25, 0.3) is 0 Å². The molecule has 1 fully saturated rings. The molecule has 0 aromatic heterocycles. The van der Waals surface area contributed by atoms with Crippen molar-refractivity contribution in [2.45, 2.75) is 38.8 Å². The van der Waals surface area contributed by atoms with Gasteiger partial charge in [0.15, 0.2) is 0 Å². The third-order valence-corrected chi connectivity index (χ3v) is 4.27. The zero-order valence-corrected chi connectivity index (χ0v) is 12.4. The van der Waals surface area contributed by atoms with E-state index < -0.39 is 0 Å². The maximum absolute atomic E-state index is 11.4. The van der Waals surface area contributed by atoms with Crippen LogP contribution in [0.2, 0.25) is 0 Å². The fourth-order valence-corrected chi connectivity index (χ4v) is 2.87. The van der Waals surface area contributed by atoms with Gasteiger partial charge in [0.1, 0.15) is 0 Å². The van der Waals surface area contributed by atoms with Gasteiger partial charge in [-0.25, -0.2) is 0 Å². The lowest BCUT2D eigenvalue weighted by Gasteiger charge is -2.24. The largest absolute Gasteiger partial charge is 0.382 e. The molecule has 1 aromatic carbocycles. The second-order valence-corrected chi connectivity index (χ2v) is 5.71. The molecule has 1 saturated carbocycles. The first kappa shape index (κ1) is 14.9. The molecule has 2 unspecified atom stereocenters. The smallest absolute Gasteiger partial charge is 0.219 e. The van der Waals surface area contributed by atoms with Crippen molar-refractivity contribution in [3.05, 3.63) is 29.8 Å². The highest BCUT2D eigenvalue weighted by atomic mass is 16.2. The van der Waals surface area contributed by atoms with Crippen LogP contribution < -0.4 is 11.1 Å². The molecule has 1 aliphatic carbocycles. The summed E-state index contributed by atoms with van der Waals surface area (Å²) in [5, 5.41) is 3.64. The molecule has 0 radical (unpaired) electrons. The molecule has 1 amide bonds. The molecule has 4 nitrogen and oxygen atoms in total. The molecule has 3 N–H and O–H groups in total. The Balaban J connectivity index is 2.09. The fourth-order valence-electron chi connectivity index (χ4n) is 2.87. The van der Waals surface area contributed by atoms with Crippen molar-refractivity contribution in [2.75, 3.05) is 18.9 Å². The van der Waals surface area contributed by atoms with Crippen molar-refractivity contribution >= 4 is 11.6 Å². The average Bonchev–Trinajstić information content (AvgIpc) is 2.88. The summed E-state index contributed by atoms with van der Waals surface area (Å²) < 4.78 is 0. The molecule has 0 bridgehead atoms. The van der Waals surface area contributed by atoms with Crippen LogP contribution in [0, 0.1) is 5.92 Å². The Morgan fingerprint density at radius 3 is 2.85 bits per heavy atom. The van der Waals surface area contributed by atoms with Gasteiger partial charge in [-0.15, -0.1) is 0 Å². The number of anilines is 1. The molecule has 2 rings (SSSR count). The van der Waals surface area contributed by atoms with Crippen LogP contribution >= 0.6 is 0 Å². The van der Waals surface area contributed by atoms with Gasteiger partial charge in [0.2, 0.25) is 5.91 Å². The van der Waals surface area contributed by atoms with E-state index in [0.717, 1.165) is 17.8 Å². The number of benzene rings is 1. The van der Waals surface area contributed by atoms with Crippen LogP contribution in [0.25, 0.3) is 0 Å². The van der Waals surface area contributed by atoms with Gasteiger partial charge < -0.3 is 16.0 Å². The van der Waals surface area contributed by atoms with Crippen LogP contribution in [0.3, 0.4) is 0 Å². The quantitative estimate of drug-likeness (QED) is 0.866. The first-order chi connectivity index (χ1) is 9.61. The highest BCUT2D eigenvalue weighted by Gasteiger charge is 2.26. The van der Waals surface area contributed by atoms with E-state index in [1.165, 1.54) is 19.3 Å². The van der Waals surface area contributed by atoms with Crippen LogP contribution in [0.4, 0.5) is 5.69 Å². The van der Waals surface area contributed by atoms with E-state index in [-0.39, 0.29) is 5.91 Å². The highest BCUT2D eigenvalue weighted by molar-refractivity contribution is 5.73. The summed E-state index contributed by atoms with van der Waals surface area (Å²) in [6, 6.07) is 8.68. The fraction of sp³-hybridized carbons (Fsp3) is 0.562. The average molecular weight is 275 g/mol. The topological polar surface area (TPSA) is 58.4 Å². The molecular formula is C16H25N3O. The van der Waals surface area contributed by atoms with E-state index in [0.29, 0.717) is 18.5 Å². The van der Waals surface area contributed by atoms with Gasteiger partial charge in [0.05, 0.1) is 0 Å². The van der Waals surface area contributed by atoms with E-state index in [1.54, 1.807) is 11.8 Å². The van der Waals surface area contributed by atoms with Crippen LogP contribution in [0.15, 0.2) is 24.3 Å². The number of carbonyl (C=O) groups excluding carboxylic acids is 1. The third-order valence-electron chi connectivity index (χ3n) is 4.27. The molecule has 0 saturated heterocycles. The molecular weight excluding hydrogens is 250 g/mol. The lowest BCUT2D eigenvalue weighted by molar-refractivity contribution is -0.128. The Bertz CT molecular complexity index is 461.